The van der Waals surface area contributed by atoms with Crippen LogP contribution in [0, 0.1) is 17.1 Å². The molecule has 1 aliphatic rings. The number of benzene rings is 2. The van der Waals surface area contributed by atoms with Gasteiger partial charge >= 0.3 is 6.18 Å². The number of thioether (sulfide) groups is 2. The first kappa shape index (κ1) is 20.4. The molecule has 3 nitrogen and oxygen atoms in total. The van der Waals surface area contributed by atoms with Crippen LogP contribution in [0.4, 0.5) is 23.2 Å². The van der Waals surface area contributed by atoms with Crippen LogP contribution < -0.4 is 9.64 Å². The first-order valence-electron chi connectivity index (χ1n) is 8.07. The van der Waals surface area contributed by atoms with E-state index in [0.717, 1.165) is 17.8 Å². The van der Waals surface area contributed by atoms with E-state index in [1.54, 1.807) is 6.07 Å². The van der Waals surface area contributed by atoms with Crippen LogP contribution in [0.5, 0.6) is 5.75 Å². The molecule has 1 heterocycles. The van der Waals surface area contributed by atoms with E-state index in [0.29, 0.717) is 40.9 Å². The molecule has 0 amide bonds. The Morgan fingerprint density at radius 2 is 2.00 bits per heavy atom. The molecule has 1 fully saturated rings. The Balaban J connectivity index is 2.01. The number of nitriles is 1. The van der Waals surface area contributed by atoms with E-state index in [9.17, 15) is 22.8 Å². The zero-order chi connectivity index (χ0) is 20.3. The first-order chi connectivity index (χ1) is 13.3. The molecule has 0 radical (unpaired) electrons. The highest BCUT2D eigenvalue weighted by molar-refractivity contribution is 8.07. The quantitative estimate of drug-likeness (QED) is 0.346. The number of allylic oxidation sites excluding steroid dienone is 1. The number of ether oxygens (including phenoxy) is 1. The molecule has 0 aliphatic carbocycles. The van der Waals surface area contributed by atoms with E-state index < -0.39 is 17.6 Å². The average Bonchev–Trinajstić information content (AvgIpc) is 3.15. The van der Waals surface area contributed by atoms with Gasteiger partial charge in [-0.3, -0.25) is 0 Å². The van der Waals surface area contributed by atoms with Gasteiger partial charge in [-0.15, -0.1) is 11.8 Å². The Morgan fingerprint density at radius 1 is 1.25 bits per heavy atom. The summed E-state index contributed by atoms with van der Waals surface area (Å²) in [5, 5.41) is 10.2. The largest absolute Gasteiger partial charge is 0.495 e. The van der Waals surface area contributed by atoms with Gasteiger partial charge in [0.05, 0.1) is 18.4 Å². The molecule has 0 aromatic heterocycles. The highest BCUT2D eigenvalue weighted by Gasteiger charge is 2.32. The van der Waals surface area contributed by atoms with E-state index in [4.69, 9.17) is 4.74 Å². The maximum absolute atomic E-state index is 14.1. The summed E-state index contributed by atoms with van der Waals surface area (Å²) in [4.78, 5) is 1.75. The van der Waals surface area contributed by atoms with Crippen molar-refractivity contribution in [2.24, 2.45) is 0 Å². The number of halogens is 4. The van der Waals surface area contributed by atoms with Gasteiger partial charge in [0.1, 0.15) is 27.6 Å². The van der Waals surface area contributed by atoms with Crippen molar-refractivity contribution in [2.45, 2.75) is 11.1 Å². The molecule has 146 valence electrons. The predicted octanol–water partition coefficient (Wildman–Crippen LogP) is 5.89. The van der Waals surface area contributed by atoms with Crippen LogP contribution in [-0.4, -0.2) is 19.4 Å². The normalized spacial score (nSPS) is 16.1. The summed E-state index contributed by atoms with van der Waals surface area (Å²) in [6, 6.07) is 11.4. The van der Waals surface area contributed by atoms with E-state index in [-0.39, 0.29) is 9.80 Å². The molecule has 0 bridgehead atoms. The van der Waals surface area contributed by atoms with Crippen LogP contribution in [0.3, 0.4) is 0 Å². The molecule has 0 saturated carbocycles. The van der Waals surface area contributed by atoms with Crippen LogP contribution in [0.1, 0.15) is 5.56 Å². The monoisotopic (exact) mass is 426 g/mol. The van der Waals surface area contributed by atoms with Crippen molar-refractivity contribution in [3.63, 3.8) is 0 Å². The molecule has 0 unspecified atom stereocenters. The number of hydrogen-bond donors (Lipinski definition) is 0. The third kappa shape index (κ3) is 4.23. The molecular formula is C19H14F4N2OS2. The van der Waals surface area contributed by atoms with E-state index in [2.05, 4.69) is 0 Å². The number of alkyl halides is 3. The van der Waals surface area contributed by atoms with Gasteiger partial charge in [-0.2, -0.15) is 18.4 Å². The number of rotatable bonds is 4. The minimum absolute atomic E-state index is 0.131. The Hall–Kier alpha value is -2.31. The highest BCUT2D eigenvalue weighted by Crippen LogP contribution is 2.44. The molecule has 0 atom stereocenters. The summed E-state index contributed by atoms with van der Waals surface area (Å²) in [6.45, 7) is 0.594. The van der Waals surface area contributed by atoms with Gasteiger partial charge in [0.15, 0.2) is 0 Å². The lowest BCUT2D eigenvalue weighted by Crippen LogP contribution is -2.18. The SMILES string of the molecule is COc1ccccc1N1CCS/C1=C(/C#N)Sc1cc(C(F)(F)F)ccc1F. The fourth-order valence-corrected chi connectivity index (χ4v) is 4.77. The van der Waals surface area contributed by atoms with Crippen LogP contribution in [0.15, 0.2) is 57.3 Å². The van der Waals surface area contributed by atoms with Crippen molar-refractivity contribution < 1.29 is 22.3 Å². The number of methoxy groups -OCH3 is 1. The summed E-state index contributed by atoms with van der Waals surface area (Å²) < 4.78 is 58.3. The summed E-state index contributed by atoms with van der Waals surface area (Å²) in [5.41, 5.74) is -0.220. The summed E-state index contributed by atoms with van der Waals surface area (Å²) in [7, 11) is 1.53. The van der Waals surface area contributed by atoms with Crippen molar-refractivity contribution in [3.05, 3.63) is 63.8 Å². The Kier molecular flexibility index (Phi) is 6.10. The molecule has 2 aromatic rings. The van der Waals surface area contributed by atoms with Crippen LogP contribution in [0.2, 0.25) is 0 Å². The zero-order valence-electron chi connectivity index (χ0n) is 14.6. The van der Waals surface area contributed by atoms with Crippen molar-refractivity contribution in [1.29, 1.82) is 5.26 Å². The lowest BCUT2D eigenvalue weighted by atomic mass is 10.2. The fraction of sp³-hybridized carbons (Fsp3) is 0.211. The Labute approximate surface area is 168 Å². The average molecular weight is 426 g/mol. The molecular weight excluding hydrogens is 412 g/mol. The van der Waals surface area contributed by atoms with Gasteiger partial charge in [0.25, 0.3) is 0 Å². The van der Waals surface area contributed by atoms with Crippen LogP contribution in [-0.2, 0) is 6.18 Å². The molecule has 3 rings (SSSR count). The molecule has 2 aromatic carbocycles. The smallest absolute Gasteiger partial charge is 0.416 e. The first-order valence-corrected chi connectivity index (χ1v) is 9.87. The number of nitrogens with zero attached hydrogens (tertiary/aromatic N) is 2. The second-order valence-electron chi connectivity index (χ2n) is 5.66. The van der Waals surface area contributed by atoms with Gasteiger partial charge in [0.2, 0.25) is 0 Å². The van der Waals surface area contributed by atoms with Gasteiger partial charge < -0.3 is 9.64 Å². The molecule has 28 heavy (non-hydrogen) atoms. The maximum Gasteiger partial charge on any atom is 0.416 e. The molecule has 0 N–H and O–H groups in total. The highest BCUT2D eigenvalue weighted by atomic mass is 32.2. The third-order valence-corrected chi connectivity index (χ3v) is 6.18. The topological polar surface area (TPSA) is 36.3 Å². The Morgan fingerprint density at radius 3 is 2.68 bits per heavy atom. The number of hydrogen-bond acceptors (Lipinski definition) is 5. The molecule has 1 saturated heterocycles. The van der Waals surface area contributed by atoms with Gasteiger partial charge in [-0.05, 0) is 30.3 Å². The van der Waals surface area contributed by atoms with Gasteiger partial charge in [-0.25, -0.2) is 4.39 Å². The Bertz CT molecular complexity index is 954. The second kappa shape index (κ2) is 8.37. The predicted molar refractivity (Wildman–Crippen MR) is 103 cm³/mol. The zero-order valence-corrected chi connectivity index (χ0v) is 16.2. The van der Waals surface area contributed by atoms with Gasteiger partial charge in [-0.1, -0.05) is 23.9 Å². The fourth-order valence-electron chi connectivity index (χ4n) is 2.67. The van der Waals surface area contributed by atoms with Gasteiger partial charge in [0, 0.05) is 17.2 Å². The molecule has 0 spiro atoms. The lowest BCUT2D eigenvalue weighted by molar-refractivity contribution is -0.137. The van der Waals surface area contributed by atoms with Crippen molar-refractivity contribution in [2.75, 3.05) is 24.3 Å². The molecule has 9 heteroatoms. The van der Waals surface area contributed by atoms with Crippen LogP contribution in [0.25, 0.3) is 0 Å². The minimum Gasteiger partial charge on any atom is -0.495 e. The number of anilines is 1. The minimum atomic E-state index is -4.59. The van der Waals surface area contributed by atoms with E-state index >= 15 is 0 Å². The summed E-state index contributed by atoms with van der Waals surface area (Å²) in [5.74, 6) is 0.484. The van der Waals surface area contributed by atoms with E-state index in [1.165, 1.54) is 18.9 Å². The lowest BCUT2D eigenvalue weighted by Gasteiger charge is -2.22. The number of para-hydroxylation sites is 2. The summed E-state index contributed by atoms with van der Waals surface area (Å²) >= 11 is 2.09. The molecule has 1 aliphatic heterocycles. The van der Waals surface area contributed by atoms with E-state index in [1.807, 2.05) is 29.2 Å². The third-order valence-electron chi connectivity index (χ3n) is 3.94. The van der Waals surface area contributed by atoms with Crippen LogP contribution >= 0.6 is 23.5 Å². The second-order valence-corrected chi connectivity index (χ2v) is 7.80. The summed E-state index contributed by atoms with van der Waals surface area (Å²) in [6.07, 6.45) is -4.59. The van der Waals surface area contributed by atoms with Crippen molar-refractivity contribution in [1.82, 2.24) is 0 Å². The standard InChI is InChI=1S/C19H14F4N2OS2/c1-26-15-5-3-2-4-14(15)25-8-9-27-18(25)17(11-24)28-16-10-12(19(21,22)23)6-7-13(16)20/h2-7,10H,8-9H2,1H3/b18-17-. The van der Waals surface area contributed by atoms with Crippen molar-refractivity contribution >= 4 is 29.2 Å². The van der Waals surface area contributed by atoms with Crippen molar-refractivity contribution in [3.8, 4) is 11.8 Å². The maximum atomic E-state index is 14.1.